The molecule has 1 amide bonds. The second-order valence-corrected chi connectivity index (χ2v) is 9.70. The van der Waals surface area contributed by atoms with Crippen LogP contribution >= 0.6 is 23.2 Å². The van der Waals surface area contributed by atoms with Crippen LogP contribution in [0.3, 0.4) is 0 Å². The highest BCUT2D eigenvalue weighted by molar-refractivity contribution is 6.31. The van der Waals surface area contributed by atoms with Crippen LogP contribution in [-0.4, -0.2) is 47.7 Å². The summed E-state index contributed by atoms with van der Waals surface area (Å²) >= 11 is 12.3. The Balaban J connectivity index is 1.30. The van der Waals surface area contributed by atoms with Crippen molar-refractivity contribution in [2.45, 2.75) is 18.9 Å². The summed E-state index contributed by atoms with van der Waals surface area (Å²) in [7, 11) is 1.29. The Kier molecular flexibility index (Phi) is 6.37. The number of nitrogens with zero attached hydrogens (tertiary/aromatic N) is 6. The maximum atomic E-state index is 13.4. The molecule has 0 fully saturated rings. The number of aromatic nitrogens is 7. The summed E-state index contributed by atoms with van der Waals surface area (Å²) in [6.45, 7) is 0. The number of imidazole rings is 1. The molecular weight excluding hydrogens is 543 g/mol. The number of aromatic amines is 1. The first-order valence-electron chi connectivity index (χ1n) is 11.9. The first kappa shape index (κ1) is 24.8. The van der Waals surface area contributed by atoms with Crippen LogP contribution < -0.4 is 10.9 Å². The molecule has 39 heavy (non-hydrogen) atoms. The summed E-state index contributed by atoms with van der Waals surface area (Å²) in [6, 6.07) is 12.2. The van der Waals surface area contributed by atoms with Crippen LogP contribution in [0.2, 0.25) is 10.2 Å². The molecule has 2 N–H and O–H groups in total. The van der Waals surface area contributed by atoms with Gasteiger partial charge in [0.1, 0.15) is 5.82 Å². The number of carbonyl (C=O) groups is 1. The minimum Gasteiger partial charge on any atom is -0.453 e. The Morgan fingerprint density at radius 3 is 2.74 bits per heavy atom. The highest BCUT2D eigenvalue weighted by Gasteiger charge is 2.28. The third kappa shape index (κ3) is 4.77. The summed E-state index contributed by atoms with van der Waals surface area (Å²) in [4.78, 5) is 37.1. The van der Waals surface area contributed by atoms with Gasteiger partial charge in [-0.3, -0.25) is 15.1 Å². The molecular formula is C26H20Cl2N8O3. The number of nitrogens with one attached hydrogen (secondary N) is 2. The second kappa shape index (κ2) is 10.0. The fourth-order valence-electron chi connectivity index (χ4n) is 4.74. The molecule has 0 spiro atoms. The van der Waals surface area contributed by atoms with Gasteiger partial charge in [-0.05, 0) is 54.8 Å². The number of methoxy groups -OCH3 is 1. The van der Waals surface area contributed by atoms with Crippen LogP contribution in [0.4, 0.5) is 10.5 Å². The van der Waals surface area contributed by atoms with E-state index >= 15 is 0 Å². The molecule has 0 bridgehead atoms. The lowest BCUT2D eigenvalue weighted by Crippen LogP contribution is -2.23. The van der Waals surface area contributed by atoms with Crippen molar-refractivity contribution in [3.63, 3.8) is 0 Å². The molecule has 5 heterocycles. The first-order valence-corrected chi connectivity index (χ1v) is 12.6. The number of benzene rings is 1. The molecule has 6 rings (SSSR count). The summed E-state index contributed by atoms with van der Waals surface area (Å²) in [5.74, 6) is 0.665. The third-order valence-electron chi connectivity index (χ3n) is 6.50. The maximum Gasteiger partial charge on any atom is 0.411 e. The molecule has 5 aromatic rings. The molecule has 11 nitrogen and oxygen atoms in total. The van der Waals surface area contributed by atoms with E-state index in [0.29, 0.717) is 46.5 Å². The summed E-state index contributed by atoms with van der Waals surface area (Å²) < 4.78 is 7.91. The van der Waals surface area contributed by atoms with Crippen LogP contribution in [0.5, 0.6) is 0 Å². The Bertz CT molecular complexity index is 1760. The zero-order chi connectivity index (χ0) is 27.1. The van der Waals surface area contributed by atoms with Gasteiger partial charge in [0.15, 0.2) is 5.15 Å². The molecule has 0 saturated carbocycles. The lowest BCUT2D eigenvalue weighted by molar-refractivity contribution is 0.187. The molecule has 13 heteroatoms. The number of carbonyl (C=O) groups excluding carboxylic acids is 1. The van der Waals surface area contributed by atoms with E-state index in [1.807, 2.05) is 12.1 Å². The predicted octanol–water partition coefficient (Wildman–Crippen LogP) is 4.90. The average Bonchev–Trinajstić information content (AvgIpc) is 3.69. The van der Waals surface area contributed by atoms with E-state index < -0.39 is 6.09 Å². The van der Waals surface area contributed by atoms with Gasteiger partial charge in [-0.25, -0.2) is 14.5 Å². The SMILES string of the molecule is COC(=O)Nc1ccc(-c2cnc([C@@H]3CCc4cc(-c5cc(Cl)ccc5-n5cc(Cl)nn5)cc(=O)n43)[nH]2)nc1. The van der Waals surface area contributed by atoms with Crippen molar-refractivity contribution >= 4 is 35.0 Å². The molecule has 196 valence electrons. The number of pyridine rings is 2. The van der Waals surface area contributed by atoms with Gasteiger partial charge in [0.05, 0.1) is 54.5 Å². The Morgan fingerprint density at radius 2 is 2.00 bits per heavy atom. The van der Waals surface area contributed by atoms with Crippen molar-refractivity contribution in [3.8, 4) is 28.2 Å². The van der Waals surface area contributed by atoms with Gasteiger partial charge in [-0.1, -0.05) is 28.4 Å². The molecule has 1 aromatic carbocycles. The van der Waals surface area contributed by atoms with E-state index in [1.165, 1.54) is 13.3 Å². The minimum atomic E-state index is -0.573. The van der Waals surface area contributed by atoms with Crippen molar-refractivity contribution < 1.29 is 9.53 Å². The highest BCUT2D eigenvalue weighted by atomic mass is 35.5. The quantitative estimate of drug-likeness (QED) is 0.311. The second-order valence-electron chi connectivity index (χ2n) is 8.88. The van der Waals surface area contributed by atoms with Crippen molar-refractivity contribution in [2.75, 3.05) is 12.4 Å². The number of hydrogen-bond acceptors (Lipinski definition) is 7. The van der Waals surface area contributed by atoms with E-state index in [4.69, 9.17) is 23.2 Å². The summed E-state index contributed by atoms with van der Waals surface area (Å²) in [5, 5.41) is 11.3. The van der Waals surface area contributed by atoms with E-state index in [1.54, 1.807) is 52.0 Å². The van der Waals surface area contributed by atoms with Gasteiger partial charge < -0.3 is 14.3 Å². The topological polar surface area (TPSA) is 133 Å². The molecule has 0 radical (unpaired) electrons. The Labute approximate surface area is 231 Å². The zero-order valence-corrected chi connectivity index (χ0v) is 21.9. The number of ether oxygens (including phenoxy) is 1. The Hall–Kier alpha value is -4.48. The molecule has 0 unspecified atom stereocenters. The zero-order valence-electron chi connectivity index (χ0n) is 20.4. The number of anilines is 1. The molecule has 0 saturated heterocycles. The smallest absolute Gasteiger partial charge is 0.411 e. The van der Waals surface area contributed by atoms with Crippen molar-refractivity contribution in [3.05, 3.63) is 93.1 Å². The largest absolute Gasteiger partial charge is 0.453 e. The predicted molar refractivity (Wildman–Crippen MR) is 145 cm³/mol. The molecule has 0 aliphatic carbocycles. The van der Waals surface area contributed by atoms with E-state index in [0.717, 1.165) is 16.8 Å². The number of fused-ring (bicyclic) bond motifs is 1. The average molecular weight is 563 g/mol. The number of halogens is 2. The van der Waals surface area contributed by atoms with Gasteiger partial charge in [-0.2, -0.15) is 0 Å². The number of H-pyrrole nitrogens is 1. The van der Waals surface area contributed by atoms with Gasteiger partial charge in [0, 0.05) is 22.3 Å². The van der Waals surface area contributed by atoms with Crippen molar-refractivity contribution in [2.24, 2.45) is 0 Å². The number of hydrogen-bond donors (Lipinski definition) is 2. The van der Waals surface area contributed by atoms with Crippen LogP contribution in [-0.2, 0) is 11.2 Å². The number of aryl methyl sites for hydroxylation is 1. The lowest BCUT2D eigenvalue weighted by atomic mass is 10.0. The maximum absolute atomic E-state index is 13.4. The van der Waals surface area contributed by atoms with E-state index in [-0.39, 0.29) is 16.8 Å². The normalized spacial score (nSPS) is 14.3. The first-order chi connectivity index (χ1) is 18.9. The van der Waals surface area contributed by atoms with Gasteiger partial charge in [0.25, 0.3) is 5.56 Å². The Morgan fingerprint density at radius 1 is 1.13 bits per heavy atom. The molecule has 1 aliphatic heterocycles. The van der Waals surface area contributed by atoms with Gasteiger partial charge >= 0.3 is 6.09 Å². The van der Waals surface area contributed by atoms with Crippen LogP contribution in [0.1, 0.15) is 24.0 Å². The fourth-order valence-corrected chi connectivity index (χ4v) is 5.04. The standard InChI is InChI=1S/C26H20Cl2N8O3/c1-39-26(38)31-16-3-5-19(29-11-16)20-12-30-25(32-20)22-7-4-17-8-14(9-24(37)36(17)22)18-10-15(27)2-6-21(18)35-13-23(28)33-34-35/h2-3,5-6,8-13,22H,4,7H2,1H3,(H,30,32)(H,31,38)/t22-/m0/s1. The van der Waals surface area contributed by atoms with Gasteiger partial charge in [0.2, 0.25) is 0 Å². The number of amides is 1. The van der Waals surface area contributed by atoms with E-state index in [2.05, 4.69) is 35.3 Å². The molecule has 1 aliphatic rings. The lowest BCUT2D eigenvalue weighted by Gasteiger charge is -2.15. The summed E-state index contributed by atoms with van der Waals surface area (Å²) in [5.41, 5.74) is 4.75. The van der Waals surface area contributed by atoms with E-state index in [9.17, 15) is 9.59 Å². The monoisotopic (exact) mass is 562 g/mol. The minimum absolute atomic E-state index is 0.151. The highest BCUT2D eigenvalue weighted by Crippen LogP contribution is 2.34. The van der Waals surface area contributed by atoms with Crippen LogP contribution in [0, 0.1) is 0 Å². The fraction of sp³-hybridized carbons (Fsp3) is 0.154. The molecule has 1 atom stereocenters. The van der Waals surface area contributed by atoms with Gasteiger partial charge in [-0.15, -0.1) is 5.10 Å². The van der Waals surface area contributed by atoms with Crippen molar-refractivity contribution in [1.29, 1.82) is 0 Å². The van der Waals surface area contributed by atoms with Crippen LogP contribution in [0.25, 0.3) is 28.2 Å². The van der Waals surface area contributed by atoms with Crippen LogP contribution in [0.15, 0.2) is 65.8 Å². The number of rotatable bonds is 5. The molecule has 4 aromatic heterocycles. The third-order valence-corrected chi connectivity index (χ3v) is 6.91. The summed E-state index contributed by atoms with van der Waals surface area (Å²) in [6.07, 6.45) is 5.64. The van der Waals surface area contributed by atoms with Crippen molar-refractivity contribution in [1.82, 2.24) is 34.5 Å².